The van der Waals surface area contributed by atoms with Crippen molar-refractivity contribution in [1.29, 1.82) is 0 Å². The molecule has 0 aliphatic rings. The second-order valence-electron chi connectivity index (χ2n) is 4.90. The monoisotopic (exact) mass is 377 g/mol. The second kappa shape index (κ2) is 7.89. The highest BCUT2D eigenvalue weighted by Gasteiger charge is 2.19. The molecule has 5 nitrogen and oxygen atoms in total. The molecule has 120 valence electrons. The summed E-state index contributed by atoms with van der Waals surface area (Å²) in [5, 5.41) is 11.6. The Balaban J connectivity index is 1.94. The summed E-state index contributed by atoms with van der Waals surface area (Å²) in [6.07, 6.45) is -0.927. The van der Waals surface area contributed by atoms with Crippen LogP contribution in [0.5, 0.6) is 0 Å². The molecule has 0 unspecified atom stereocenters. The molecular formula is C17H16BrNO4. The number of carbonyl (C=O) groups excluding carboxylic acids is 2. The fourth-order valence-electron chi connectivity index (χ4n) is 1.81. The predicted octanol–water partition coefficient (Wildman–Crippen LogP) is 3.13. The van der Waals surface area contributed by atoms with E-state index in [-0.39, 0.29) is 6.61 Å². The minimum Gasteiger partial charge on any atom is -0.449 e. The third kappa shape index (κ3) is 4.91. The highest BCUT2D eigenvalue weighted by Crippen LogP contribution is 2.15. The van der Waals surface area contributed by atoms with Gasteiger partial charge in [-0.05, 0) is 48.9 Å². The lowest BCUT2D eigenvalue weighted by Gasteiger charge is -2.13. The molecule has 23 heavy (non-hydrogen) atoms. The number of nitrogens with one attached hydrogen (secondary N) is 1. The Morgan fingerprint density at radius 2 is 1.74 bits per heavy atom. The number of esters is 1. The van der Waals surface area contributed by atoms with E-state index in [1.54, 1.807) is 48.5 Å². The topological polar surface area (TPSA) is 75.6 Å². The van der Waals surface area contributed by atoms with E-state index in [4.69, 9.17) is 9.84 Å². The molecule has 0 fully saturated rings. The number of benzene rings is 2. The smallest absolute Gasteiger partial charge is 0.338 e. The summed E-state index contributed by atoms with van der Waals surface area (Å²) >= 11 is 3.31. The Hall–Kier alpha value is -2.18. The maximum atomic E-state index is 12.0. The minimum absolute atomic E-state index is 0.0959. The lowest BCUT2D eigenvalue weighted by atomic mass is 10.1. The average molecular weight is 378 g/mol. The summed E-state index contributed by atoms with van der Waals surface area (Å²) in [4.78, 5) is 24.0. The van der Waals surface area contributed by atoms with Gasteiger partial charge >= 0.3 is 5.97 Å². The van der Waals surface area contributed by atoms with Crippen LogP contribution < -0.4 is 5.32 Å². The van der Waals surface area contributed by atoms with Crippen LogP contribution in [-0.2, 0) is 16.1 Å². The minimum atomic E-state index is -0.927. The summed E-state index contributed by atoms with van der Waals surface area (Å²) in [5.74, 6) is -0.999. The van der Waals surface area contributed by atoms with Gasteiger partial charge in [0.1, 0.15) is 0 Å². The molecule has 0 heterocycles. The number of amides is 1. The number of hydrogen-bond donors (Lipinski definition) is 2. The number of aliphatic hydroxyl groups excluding tert-OH is 1. The molecule has 6 heteroatoms. The predicted molar refractivity (Wildman–Crippen MR) is 90.0 cm³/mol. The fourth-order valence-corrected chi connectivity index (χ4v) is 2.07. The van der Waals surface area contributed by atoms with E-state index in [2.05, 4.69) is 21.2 Å². The molecule has 0 saturated heterocycles. The fraction of sp³-hybridized carbons (Fsp3) is 0.176. The zero-order valence-electron chi connectivity index (χ0n) is 12.5. The van der Waals surface area contributed by atoms with E-state index < -0.39 is 18.0 Å². The maximum Gasteiger partial charge on any atom is 0.338 e. The van der Waals surface area contributed by atoms with E-state index in [9.17, 15) is 9.59 Å². The maximum absolute atomic E-state index is 12.0. The van der Waals surface area contributed by atoms with Crippen molar-refractivity contribution in [3.05, 3.63) is 64.1 Å². The Bertz CT molecular complexity index is 683. The number of ether oxygens (including phenoxy) is 1. The van der Waals surface area contributed by atoms with Gasteiger partial charge in [0.05, 0.1) is 12.2 Å². The first kappa shape index (κ1) is 17.2. The molecule has 0 radical (unpaired) electrons. The quantitative estimate of drug-likeness (QED) is 0.784. The number of halogens is 1. The third-order valence-corrected chi connectivity index (χ3v) is 3.67. The van der Waals surface area contributed by atoms with E-state index in [0.717, 1.165) is 4.47 Å². The molecule has 1 atom stereocenters. The van der Waals surface area contributed by atoms with Gasteiger partial charge in [-0.3, -0.25) is 4.79 Å². The Kier molecular flexibility index (Phi) is 5.90. The van der Waals surface area contributed by atoms with Crippen molar-refractivity contribution in [1.82, 2.24) is 0 Å². The standard InChI is InChI=1S/C17H16BrNO4/c1-11(16(21)19-15-8-6-14(18)7-9-15)23-17(22)13-4-2-12(10-20)3-5-13/h2-9,11,20H,10H2,1H3,(H,19,21)/t11-/m1/s1. The largest absolute Gasteiger partial charge is 0.449 e. The van der Waals surface area contributed by atoms with Crippen molar-refractivity contribution in [2.24, 2.45) is 0 Å². The highest BCUT2D eigenvalue weighted by molar-refractivity contribution is 9.10. The highest BCUT2D eigenvalue weighted by atomic mass is 79.9. The second-order valence-corrected chi connectivity index (χ2v) is 5.81. The van der Waals surface area contributed by atoms with Gasteiger partial charge in [0.15, 0.2) is 6.10 Å². The van der Waals surface area contributed by atoms with Gasteiger partial charge in [-0.15, -0.1) is 0 Å². The van der Waals surface area contributed by atoms with E-state index in [1.807, 2.05) is 0 Å². The molecule has 2 rings (SSSR count). The summed E-state index contributed by atoms with van der Waals surface area (Å²) in [6, 6.07) is 13.4. The molecule has 0 bridgehead atoms. The van der Waals surface area contributed by atoms with Gasteiger partial charge < -0.3 is 15.2 Å². The van der Waals surface area contributed by atoms with Crippen LogP contribution in [0.4, 0.5) is 5.69 Å². The Morgan fingerprint density at radius 3 is 2.30 bits per heavy atom. The molecule has 0 spiro atoms. The zero-order chi connectivity index (χ0) is 16.8. The normalized spacial score (nSPS) is 11.6. The SMILES string of the molecule is C[C@@H](OC(=O)c1ccc(CO)cc1)C(=O)Nc1ccc(Br)cc1. The Morgan fingerprint density at radius 1 is 1.13 bits per heavy atom. The number of aliphatic hydroxyl groups is 1. The molecule has 2 aromatic carbocycles. The van der Waals surface area contributed by atoms with Crippen LogP contribution in [-0.4, -0.2) is 23.1 Å². The third-order valence-electron chi connectivity index (χ3n) is 3.14. The molecule has 2 aromatic rings. The van der Waals surface area contributed by atoms with Crippen molar-refractivity contribution in [3.63, 3.8) is 0 Å². The van der Waals surface area contributed by atoms with E-state index in [1.165, 1.54) is 6.92 Å². The number of anilines is 1. The van der Waals surface area contributed by atoms with Gasteiger partial charge in [0.2, 0.25) is 0 Å². The summed E-state index contributed by atoms with van der Waals surface area (Å²) < 4.78 is 6.05. The van der Waals surface area contributed by atoms with Crippen LogP contribution in [0.1, 0.15) is 22.8 Å². The van der Waals surface area contributed by atoms with Crippen LogP contribution in [0.15, 0.2) is 53.0 Å². The van der Waals surface area contributed by atoms with Crippen molar-refractivity contribution >= 4 is 33.5 Å². The molecule has 2 N–H and O–H groups in total. The van der Waals surface area contributed by atoms with Crippen molar-refractivity contribution in [2.45, 2.75) is 19.6 Å². The lowest BCUT2D eigenvalue weighted by Crippen LogP contribution is -2.30. The number of carbonyl (C=O) groups is 2. The zero-order valence-corrected chi connectivity index (χ0v) is 14.0. The van der Waals surface area contributed by atoms with Gasteiger partial charge in [-0.1, -0.05) is 28.1 Å². The molecule has 0 aliphatic heterocycles. The lowest BCUT2D eigenvalue weighted by molar-refractivity contribution is -0.123. The van der Waals surface area contributed by atoms with Crippen molar-refractivity contribution < 1.29 is 19.4 Å². The number of rotatable bonds is 5. The molecular weight excluding hydrogens is 362 g/mol. The molecule has 0 aliphatic carbocycles. The molecule has 1 amide bonds. The van der Waals surface area contributed by atoms with E-state index in [0.29, 0.717) is 16.8 Å². The number of hydrogen-bond acceptors (Lipinski definition) is 4. The van der Waals surface area contributed by atoms with Crippen molar-refractivity contribution in [3.8, 4) is 0 Å². The van der Waals surface area contributed by atoms with Crippen LogP contribution in [0.2, 0.25) is 0 Å². The van der Waals surface area contributed by atoms with Crippen LogP contribution >= 0.6 is 15.9 Å². The average Bonchev–Trinajstić information content (AvgIpc) is 2.56. The van der Waals surface area contributed by atoms with Crippen molar-refractivity contribution in [2.75, 3.05) is 5.32 Å². The van der Waals surface area contributed by atoms with Gasteiger partial charge in [0, 0.05) is 10.2 Å². The first-order valence-electron chi connectivity index (χ1n) is 6.97. The van der Waals surface area contributed by atoms with Gasteiger partial charge in [0.25, 0.3) is 5.91 Å². The van der Waals surface area contributed by atoms with Gasteiger partial charge in [-0.25, -0.2) is 4.79 Å². The van der Waals surface area contributed by atoms with Gasteiger partial charge in [-0.2, -0.15) is 0 Å². The Labute approximate surface area is 142 Å². The first-order chi connectivity index (χ1) is 11.0. The first-order valence-corrected chi connectivity index (χ1v) is 7.76. The summed E-state index contributed by atoms with van der Waals surface area (Å²) in [5.41, 5.74) is 1.64. The van der Waals surface area contributed by atoms with Crippen LogP contribution in [0, 0.1) is 0 Å². The van der Waals surface area contributed by atoms with Crippen LogP contribution in [0.25, 0.3) is 0 Å². The summed E-state index contributed by atoms with van der Waals surface area (Å²) in [7, 11) is 0. The summed E-state index contributed by atoms with van der Waals surface area (Å²) in [6.45, 7) is 1.41. The van der Waals surface area contributed by atoms with E-state index >= 15 is 0 Å². The molecule has 0 saturated carbocycles. The van der Waals surface area contributed by atoms with Crippen LogP contribution in [0.3, 0.4) is 0 Å². The molecule has 0 aromatic heterocycles.